The highest BCUT2D eigenvalue weighted by atomic mass is 16.5. The van der Waals surface area contributed by atoms with Crippen molar-refractivity contribution in [2.45, 2.75) is 25.8 Å². The van der Waals surface area contributed by atoms with Crippen molar-refractivity contribution >= 4 is 17.5 Å². The van der Waals surface area contributed by atoms with Crippen molar-refractivity contribution in [2.75, 3.05) is 24.5 Å². The van der Waals surface area contributed by atoms with Gasteiger partial charge >= 0.3 is 0 Å². The van der Waals surface area contributed by atoms with Gasteiger partial charge in [0.05, 0.1) is 0 Å². The molecule has 3 rings (SSSR count). The second-order valence-electron chi connectivity index (χ2n) is 6.83. The molecule has 2 aromatic rings. The van der Waals surface area contributed by atoms with Crippen molar-refractivity contribution in [2.24, 2.45) is 0 Å². The molecule has 0 unspecified atom stereocenters. The third-order valence-corrected chi connectivity index (χ3v) is 4.98. The molecule has 0 spiro atoms. The van der Waals surface area contributed by atoms with Gasteiger partial charge in [0.25, 0.3) is 0 Å². The molecule has 0 bridgehead atoms. The van der Waals surface area contributed by atoms with E-state index in [0.717, 1.165) is 18.8 Å². The zero-order chi connectivity index (χ0) is 19.2. The normalized spacial score (nSPS) is 16.9. The molecule has 1 aliphatic rings. The zero-order valence-electron chi connectivity index (χ0n) is 15.5. The second kappa shape index (κ2) is 8.68. The van der Waals surface area contributed by atoms with E-state index in [4.69, 9.17) is 5.21 Å². The van der Waals surface area contributed by atoms with Crippen molar-refractivity contribution in [3.05, 3.63) is 54.6 Å². The van der Waals surface area contributed by atoms with Crippen LogP contribution < -0.4 is 10.4 Å². The summed E-state index contributed by atoms with van der Waals surface area (Å²) in [7, 11) is 0. The van der Waals surface area contributed by atoms with E-state index in [1.807, 2.05) is 30.0 Å². The van der Waals surface area contributed by atoms with Gasteiger partial charge in [-0.2, -0.15) is 0 Å². The van der Waals surface area contributed by atoms with Crippen LogP contribution in [0.15, 0.2) is 54.6 Å². The molecule has 27 heavy (non-hydrogen) atoms. The van der Waals surface area contributed by atoms with Gasteiger partial charge in [0.2, 0.25) is 11.8 Å². The largest absolute Gasteiger partial charge is 0.368 e. The summed E-state index contributed by atoms with van der Waals surface area (Å²) >= 11 is 0. The second-order valence-corrected chi connectivity index (χ2v) is 6.83. The van der Waals surface area contributed by atoms with Crippen LogP contribution in [-0.2, 0) is 9.59 Å². The number of nitrogens with one attached hydrogen (secondary N) is 1. The third kappa shape index (κ3) is 4.65. The first kappa shape index (κ1) is 18.9. The Labute approximate surface area is 159 Å². The lowest BCUT2D eigenvalue weighted by Gasteiger charge is -2.41. The quantitative estimate of drug-likeness (QED) is 0.630. The van der Waals surface area contributed by atoms with Gasteiger partial charge in [0, 0.05) is 44.2 Å². The third-order valence-electron chi connectivity index (χ3n) is 4.98. The minimum Gasteiger partial charge on any atom is -0.368 e. The van der Waals surface area contributed by atoms with Crippen LogP contribution in [0.2, 0.25) is 0 Å². The summed E-state index contributed by atoms with van der Waals surface area (Å²) in [5, 5.41) is 8.53. The molecule has 2 amide bonds. The predicted molar refractivity (Wildman–Crippen MR) is 104 cm³/mol. The molecular weight excluding hydrogens is 342 g/mol. The minimum atomic E-state index is -0.534. The van der Waals surface area contributed by atoms with E-state index in [-0.39, 0.29) is 24.8 Å². The van der Waals surface area contributed by atoms with Crippen LogP contribution in [0.25, 0.3) is 11.1 Å². The molecule has 2 aromatic carbocycles. The zero-order valence-corrected chi connectivity index (χ0v) is 15.5. The standard InChI is InChI=1S/C21H25N3O3/c1-16-15-23(13-14-24(16)21(26)12-11-20(25)22-27)19-9-7-18(8-10-19)17-5-3-2-4-6-17/h2-10,16,27H,11-15H2,1H3,(H,22,25)/t16-/m1/s1. The fourth-order valence-electron chi connectivity index (χ4n) is 3.48. The lowest BCUT2D eigenvalue weighted by atomic mass is 10.0. The van der Waals surface area contributed by atoms with Crippen molar-refractivity contribution in [1.82, 2.24) is 10.4 Å². The molecule has 1 heterocycles. The van der Waals surface area contributed by atoms with Gasteiger partial charge in [-0.05, 0) is 30.2 Å². The van der Waals surface area contributed by atoms with Gasteiger partial charge in [-0.1, -0.05) is 42.5 Å². The van der Waals surface area contributed by atoms with Crippen molar-refractivity contribution in [3.8, 4) is 11.1 Å². The van der Waals surface area contributed by atoms with Gasteiger partial charge in [0.15, 0.2) is 0 Å². The van der Waals surface area contributed by atoms with E-state index >= 15 is 0 Å². The van der Waals surface area contributed by atoms with Gasteiger partial charge in [-0.25, -0.2) is 5.48 Å². The van der Waals surface area contributed by atoms with Crippen LogP contribution in [-0.4, -0.2) is 47.6 Å². The topological polar surface area (TPSA) is 72.9 Å². The molecule has 0 aromatic heterocycles. The van der Waals surface area contributed by atoms with E-state index in [1.165, 1.54) is 11.1 Å². The summed E-state index contributed by atoms with van der Waals surface area (Å²) in [6.07, 6.45) is 0.117. The van der Waals surface area contributed by atoms with Gasteiger partial charge in [0.1, 0.15) is 0 Å². The van der Waals surface area contributed by atoms with E-state index in [1.54, 1.807) is 5.48 Å². The molecule has 2 N–H and O–H groups in total. The summed E-state index contributed by atoms with van der Waals surface area (Å²) in [4.78, 5) is 27.5. The number of anilines is 1. The Morgan fingerprint density at radius 2 is 1.67 bits per heavy atom. The number of carbonyl (C=O) groups excluding carboxylic acids is 2. The maximum absolute atomic E-state index is 12.3. The van der Waals surface area contributed by atoms with Crippen molar-refractivity contribution in [1.29, 1.82) is 0 Å². The number of hydrogen-bond donors (Lipinski definition) is 2. The fraction of sp³-hybridized carbons (Fsp3) is 0.333. The highest BCUT2D eigenvalue weighted by Gasteiger charge is 2.27. The van der Waals surface area contributed by atoms with Crippen LogP contribution in [0.4, 0.5) is 5.69 Å². The maximum Gasteiger partial charge on any atom is 0.243 e. The minimum absolute atomic E-state index is 0.00319. The number of hydroxylamine groups is 1. The number of benzene rings is 2. The first-order chi connectivity index (χ1) is 13.1. The van der Waals surface area contributed by atoms with E-state index < -0.39 is 5.91 Å². The van der Waals surface area contributed by atoms with Crippen LogP contribution in [0.3, 0.4) is 0 Å². The Bertz CT molecular complexity index is 777. The molecule has 1 atom stereocenters. The fourth-order valence-corrected chi connectivity index (χ4v) is 3.48. The number of amides is 2. The first-order valence-corrected chi connectivity index (χ1v) is 9.21. The number of hydrogen-bond acceptors (Lipinski definition) is 4. The first-order valence-electron chi connectivity index (χ1n) is 9.21. The summed E-state index contributed by atoms with van der Waals surface area (Å²) in [6.45, 7) is 4.16. The van der Waals surface area contributed by atoms with Crippen LogP contribution in [0.5, 0.6) is 0 Å². The van der Waals surface area contributed by atoms with Crippen molar-refractivity contribution < 1.29 is 14.8 Å². The smallest absolute Gasteiger partial charge is 0.243 e. The molecule has 6 heteroatoms. The number of rotatable bonds is 5. The molecule has 1 fully saturated rings. The Morgan fingerprint density at radius 1 is 1.00 bits per heavy atom. The average molecular weight is 367 g/mol. The molecular formula is C21H25N3O3. The lowest BCUT2D eigenvalue weighted by Crippen LogP contribution is -2.54. The van der Waals surface area contributed by atoms with E-state index in [9.17, 15) is 9.59 Å². The highest BCUT2D eigenvalue weighted by Crippen LogP contribution is 2.25. The molecule has 0 radical (unpaired) electrons. The maximum atomic E-state index is 12.3. The summed E-state index contributed by atoms with van der Waals surface area (Å²) in [6, 6.07) is 18.8. The molecule has 6 nitrogen and oxygen atoms in total. The van der Waals surface area contributed by atoms with E-state index in [0.29, 0.717) is 6.54 Å². The van der Waals surface area contributed by atoms with Crippen molar-refractivity contribution in [3.63, 3.8) is 0 Å². The Kier molecular flexibility index (Phi) is 6.08. The van der Waals surface area contributed by atoms with Crippen LogP contribution >= 0.6 is 0 Å². The molecule has 0 saturated carbocycles. The van der Waals surface area contributed by atoms with Gasteiger partial charge in [-0.3, -0.25) is 14.8 Å². The SMILES string of the molecule is C[C@@H]1CN(c2ccc(-c3ccccc3)cc2)CCN1C(=O)CCC(=O)NO. The molecule has 142 valence electrons. The summed E-state index contributed by atoms with van der Waals surface area (Å²) in [5.74, 6) is -0.585. The highest BCUT2D eigenvalue weighted by molar-refractivity contribution is 5.83. The molecule has 1 saturated heterocycles. The number of piperazine rings is 1. The summed E-state index contributed by atoms with van der Waals surface area (Å²) < 4.78 is 0. The number of carbonyl (C=O) groups is 2. The molecule has 1 aliphatic heterocycles. The van der Waals surface area contributed by atoms with E-state index in [2.05, 4.69) is 41.3 Å². The van der Waals surface area contributed by atoms with Gasteiger partial charge in [-0.15, -0.1) is 0 Å². The average Bonchev–Trinajstić information content (AvgIpc) is 2.72. The lowest BCUT2D eigenvalue weighted by molar-refractivity contribution is -0.137. The Balaban J connectivity index is 1.59. The predicted octanol–water partition coefficient (Wildman–Crippen LogP) is 2.68. The number of nitrogens with zero attached hydrogens (tertiary/aromatic N) is 2. The Hall–Kier alpha value is -2.86. The summed E-state index contributed by atoms with van der Waals surface area (Å²) in [5.41, 5.74) is 5.09. The Morgan fingerprint density at radius 3 is 2.30 bits per heavy atom. The van der Waals surface area contributed by atoms with Crippen LogP contribution in [0.1, 0.15) is 19.8 Å². The van der Waals surface area contributed by atoms with Crippen LogP contribution in [0, 0.1) is 0 Å². The monoisotopic (exact) mass is 367 g/mol. The molecule has 0 aliphatic carbocycles. The van der Waals surface area contributed by atoms with Gasteiger partial charge < -0.3 is 9.80 Å².